The third kappa shape index (κ3) is 9.43. The van der Waals surface area contributed by atoms with E-state index in [1.54, 1.807) is 0 Å². The van der Waals surface area contributed by atoms with Crippen LogP contribution in [0, 0.1) is 0 Å². The molecule has 32 heavy (non-hydrogen) atoms. The van der Waals surface area contributed by atoms with Crippen LogP contribution in [0.1, 0.15) is 40.9 Å². The first kappa shape index (κ1) is 27.7. The number of nitrogens with one attached hydrogen (secondary N) is 3. The Morgan fingerprint density at radius 2 is 1.62 bits per heavy atom. The Morgan fingerprint density at radius 3 is 2.22 bits per heavy atom. The van der Waals surface area contributed by atoms with E-state index in [-0.39, 0.29) is 36.1 Å². The van der Waals surface area contributed by atoms with Gasteiger partial charge in [0.2, 0.25) is 0 Å². The lowest BCUT2D eigenvalue weighted by Crippen LogP contribution is -2.41. The van der Waals surface area contributed by atoms with Crippen LogP contribution < -0.4 is 16.0 Å². The van der Waals surface area contributed by atoms with Gasteiger partial charge in [-0.25, -0.2) is 0 Å². The normalized spacial score (nSPS) is 12.5. The molecule has 0 radical (unpaired) electrons. The van der Waals surface area contributed by atoms with Crippen LogP contribution in [0.4, 0.5) is 13.2 Å². The summed E-state index contributed by atoms with van der Waals surface area (Å²) in [6.07, 6.45) is -4.57. The monoisotopic (exact) mass is 564 g/mol. The lowest BCUT2D eigenvalue weighted by Gasteiger charge is -2.13. The Labute approximate surface area is 202 Å². The fraction of sp³-hybridized carbons (Fsp3) is 0.364. The summed E-state index contributed by atoms with van der Waals surface area (Å²) in [7, 11) is 0. The molecule has 1 unspecified atom stereocenters. The van der Waals surface area contributed by atoms with Crippen molar-refractivity contribution < 1.29 is 23.1 Å². The number of guanidine groups is 1. The second-order valence-corrected chi connectivity index (χ2v) is 6.73. The van der Waals surface area contributed by atoms with Gasteiger partial charge in [0.25, 0.3) is 5.91 Å². The van der Waals surface area contributed by atoms with Crippen molar-refractivity contribution >= 4 is 35.8 Å². The molecule has 0 aliphatic rings. The molecular weight excluding hydrogens is 536 g/mol. The maximum Gasteiger partial charge on any atom is 0.416 e. The van der Waals surface area contributed by atoms with E-state index >= 15 is 0 Å². The Morgan fingerprint density at radius 1 is 1.00 bits per heavy atom. The van der Waals surface area contributed by atoms with Crippen molar-refractivity contribution in [3.63, 3.8) is 0 Å². The van der Waals surface area contributed by atoms with Gasteiger partial charge in [0.1, 0.15) is 0 Å². The third-order valence-corrected chi connectivity index (χ3v) is 4.38. The van der Waals surface area contributed by atoms with E-state index in [0.717, 1.165) is 29.8 Å². The molecule has 1 atom stereocenters. The lowest BCUT2D eigenvalue weighted by atomic mass is 10.1. The van der Waals surface area contributed by atoms with Gasteiger partial charge in [-0.2, -0.15) is 13.2 Å². The van der Waals surface area contributed by atoms with Crippen LogP contribution in [0.2, 0.25) is 0 Å². The molecule has 2 aromatic rings. The van der Waals surface area contributed by atoms with Crippen LogP contribution in [0.15, 0.2) is 59.6 Å². The topological polar surface area (TPSA) is 85.8 Å². The molecule has 4 N–H and O–H groups in total. The zero-order valence-electron chi connectivity index (χ0n) is 17.7. The summed E-state index contributed by atoms with van der Waals surface area (Å²) < 4.78 is 37.8. The molecule has 0 aromatic heterocycles. The number of amides is 1. The van der Waals surface area contributed by atoms with Crippen LogP contribution in [0.3, 0.4) is 0 Å². The first-order valence-electron chi connectivity index (χ1n) is 10.0. The highest BCUT2D eigenvalue weighted by Gasteiger charge is 2.30. The fourth-order valence-electron chi connectivity index (χ4n) is 2.75. The van der Waals surface area contributed by atoms with Gasteiger partial charge in [-0.3, -0.25) is 9.79 Å². The zero-order valence-corrected chi connectivity index (χ0v) is 20.0. The number of carbonyl (C=O) groups excluding carboxylic acids is 1. The highest BCUT2D eigenvalue weighted by Crippen LogP contribution is 2.29. The van der Waals surface area contributed by atoms with Crippen molar-refractivity contribution in [2.45, 2.75) is 25.6 Å². The summed E-state index contributed by atoms with van der Waals surface area (Å²) >= 11 is 0. The summed E-state index contributed by atoms with van der Waals surface area (Å²) in [5.74, 6) is 0.0926. The molecule has 0 heterocycles. The number of aliphatic hydroxyl groups is 1. The second-order valence-electron chi connectivity index (χ2n) is 6.73. The molecule has 0 saturated carbocycles. The van der Waals surface area contributed by atoms with Crippen LogP contribution in [0.5, 0.6) is 0 Å². The average molecular weight is 564 g/mol. The average Bonchev–Trinajstić information content (AvgIpc) is 2.76. The van der Waals surface area contributed by atoms with E-state index in [2.05, 4.69) is 20.9 Å². The van der Waals surface area contributed by atoms with E-state index in [0.29, 0.717) is 32.0 Å². The van der Waals surface area contributed by atoms with Gasteiger partial charge in [-0.05, 0) is 43.2 Å². The number of carbonyl (C=O) groups is 1. The second kappa shape index (κ2) is 13.9. The van der Waals surface area contributed by atoms with E-state index in [9.17, 15) is 23.1 Å². The smallest absolute Gasteiger partial charge is 0.388 e. The SMILES string of the molecule is CCNC(=NCCC(O)c1ccccc1)NCCNC(=O)c1ccc(C(F)(F)F)cc1.I. The molecule has 176 valence electrons. The number of benzene rings is 2. The predicted octanol–water partition coefficient (Wildman–Crippen LogP) is 3.73. The molecule has 2 rings (SSSR count). The third-order valence-electron chi connectivity index (χ3n) is 4.38. The van der Waals surface area contributed by atoms with Crippen LogP contribution in [0.25, 0.3) is 0 Å². The first-order chi connectivity index (χ1) is 14.8. The highest BCUT2D eigenvalue weighted by atomic mass is 127. The minimum absolute atomic E-state index is 0. The number of aliphatic imine (C=N–C) groups is 1. The highest BCUT2D eigenvalue weighted by molar-refractivity contribution is 14.0. The molecule has 6 nitrogen and oxygen atoms in total. The molecule has 10 heteroatoms. The van der Waals surface area contributed by atoms with E-state index < -0.39 is 23.8 Å². The predicted molar refractivity (Wildman–Crippen MR) is 129 cm³/mol. The molecule has 0 aliphatic carbocycles. The van der Waals surface area contributed by atoms with Crippen LogP contribution in [-0.2, 0) is 6.18 Å². The van der Waals surface area contributed by atoms with Crippen molar-refractivity contribution in [3.05, 3.63) is 71.3 Å². The minimum Gasteiger partial charge on any atom is -0.388 e. The largest absolute Gasteiger partial charge is 0.416 e. The van der Waals surface area contributed by atoms with Gasteiger partial charge in [0, 0.05) is 31.7 Å². The van der Waals surface area contributed by atoms with Gasteiger partial charge in [-0.15, -0.1) is 24.0 Å². The van der Waals surface area contributed by atoms with Crippen molar-refractivity contribution in [2.75, 3.05) is 26.2 Å². The summed E-state index contributed by atoms with van der Waals surface area (Å²) in [5, 5.41) is 19.0. The van der Waals surface area contributed by atoms with Gasteiger partial charge >= 0.3 is 6.18 Å². The Bertz CT molecular complexity index is 847. The quantitative estimate of drug-likeness (QED) is 0.162. The summed E-state index contributed by atoms with van der Waals surface area (Å²) in [4.78, 5) is 16.5. The lowest BCUT2D eigenvalue weighted by molar-refractivity contribution is -0.137. The zero-order chi connectivity index (χ0) is 22.7. The fourth-order valence-corrected chi connectivity index (χ4v) is 2.75. The molecule has 0 saturated heterocycles. The molecular formula is C22H28F3IN4O2. The van der Waals surface area contributed by atoms with Gasteiger partial charge in [0.15, 0.2) is 5.96 Å². The Kier molecular flexibility index (Phi) is 12.1. The van der Waals surface area contributed by atoms with Crippen molar-refractivity contribution in [1.29, 1.82) is 0 Å². The molecule has 0 spiro atoms. The number of alkyl halides is 3. The van der Waals surface area contributed by atoms with E-state index in [1.165, 1.54) is 0 Å². The van der Waals surface area contributed by atoms with E-state index in [4.69, 9.17) is 0 Å². The number of nitrogens with zero attached hydrogens (tertiary/aromatic N) is 1. The first-order valence-corrected chi connectivity index (χ1v) is 10.0. The standard InChI is InChI=1S/C22H27F3N4O2.HI/c1-2-26-21(28-13-12-19(30)16-6-4-3-5-7-16)29-15-14-27-20(31)17-8-10-18(11-9-17)22(23,24)25;/h3-11,19,30H,2,12-15H2,1H3,(H,27,31)(H2,26,28,29);1H. The minimum atomic E-state index is -4.43. The number of halogens is 4. The summed E-state index contributed by atoms with van der Waals surface area (Å²) in [5.41, 5.74) is 0.194. The van der Waals surface area contributed by atoms with Crippen LogP contribution in [-0.4, -0.2) is 43.2 Å². The van der Waals surface area contributed by atoms with Gasteiger partial charge in [0.05, 0.1) is 11.7 Å². The maximum absolute atomic E-state index is 12.6. The maximum atomic E-state index is 12.6. The summed E-state index contributed by atoms with van der Waals surface area (Å²) in [6, 6.07) is 13.4. The molecule has 0 bridgehead atoms. The van der Waals surface area contributed by atoms with Gasteiger partial charge < -0.3 is 21.1 Å². The van der Waals surface area contributed by atoms with E-state index in [1.807, 2.05) is 37.3 Å². The molecule has 0 fully saturated rings. The Hall–Kier alpha value is -2.34. The van der Waals surface area contributed by atoms with Crippen molar-refractivity contribution in [3.8, 4) is 0 Å². The van der Waals surface area contributed by atoms with Crippen molar-refractivity contribution in [2.24, 2.45) is 4.99 Å². The van der Waals surface area contributed by atoms with Gasteiger partial charge in [-0.1, -0.05) is 30.3 Å². The van der Waals surface area contributed by atoms with Crippen LogP contribution >= 0.6 is 24.0 Å². The Balaban J connectivity index is 0.00000512. The number of hydrogen-bond acceptors (Lipinski definition) is 3. The van der Waals surface area contributed by atoms with Crippen molar-refractivity contribution in [1.82, 2.24) is 16.0 Å². The number of aliphatic hydroxyl groups excluding tert-OH is 1. The molecule has 0 aliphatic heterocycles. The molecule has 1 amide bonds. The summed E-state index contributed by atoms with van der Waals surface area (Å²) in [6.45, 7) is 3.60. The number of rotatable bonds is 9. The number of hydrogen-bond donors (Lipinski definition) is 4. The molecule has 2 aromatic carbocycles.